The third kappa shape index (κ3) is 2.82. The zero-order valence-corrected chi connectivity index (χ0v) is 14.9. The molecule has 0 saturated carbocycles. The highest BCUT2D eigenvalue weighted by molar-refractivity contribution is 5.84. The van der Waals surface area contributed by atoms with Crippen LogP contribution in [0, 0.1) is 0 Å². The van der Waals surface area contributed by atoms with E-state index in [4.69, 9.17) is 4.74 Å². The number of carbonyl (C=O) groups excluding carboxylic acids is 1. The molecule has 2 fully saturated rings. The summed E-state index contributed by atoms with van der Waals surface area (Å²) in [5.74, 6) is 0.762. The van der Waals surface area contributed by atoms with Crippen molar-refractivity contribution in [3.63, 3.8) is 0 Å². The van der Waals surface area contributed by atoms with E-state index in [0.29, 0.717) is 6.61 Å². The number of esters is 1. The number of ether oxygens (including phenoxy) is 1. The molecule has 138 valence electrons. The van der Waals surface area contributed by atoms with Crippen LogP contribution in [0.5, 0.6) is 0 Å². The molecule has 27 heavy (non-hydrogen) atoms. The second-order valence-corrected chi connectivity index (χ2v) is 6.81. The Morgan fingerprint density at radius 2 is 1.81 bits per heavy atom. The predicted molar refractivity (Wildman–Crippen MR) is 99.8 cm³/mol. The highest BCUT2D eigenvalue weighted by Crippen LogP contribution is 2.25. The van der Waals surface area contributed by atoms with Gasteiger partial charge in [-0.25, -0.2) is 15.0 Å². The van der Waals surface area contributed by atoms with Crippen molar-refractivity contribution in [1.29, 1.82) is 0 Å². The number of anilines is 1. The molecule has 0 spiro atoms. The number of carbonyl (C=O) groups is 1. The Labute approximate surface area is 156 Å². The molecule has 4 heterocycles. The van der Waals surface area contributed by atoms with Gasteiger partial charge in [-0.05, 0) is 12.1 Å². The Kier molecular flexibility index (Phi) is 3.97. The number of rotatable bonds is 3. The van der Waals surface area contributed by atoms with Gasteiger partial charge in [0, 0.05) is 38.3 Å². The van der Waals surface area contributed by atoms with E-state index in [0.717, 1.165) is 55.3 Å². The predicted octanol–water partition coefficient (Wildman–Crippen LogP) is 1.25. The molecule has 8 nitrogen and oxygen atoms in total. The van der Waals surface area contributed by atoms with Crippen LogP contribution in [0.15, 0.2) is 43.0 Å². The largest absolute Gasteiger partial charge is 0.464 e. The monoisotopic (exact) mass is 364 g/mol. The molecule has 2 aromatic heterocycles. The zero-order valence-electron chi connectivity index (χ0n) is 14.9. The summed E-state index contributed by atoms with van der Waals surface area (Å²) in [6.45, 7) is 3.75. The quantitative estimate of drug-likeness (QED) is 0.648. The smallest absolute Gasteiger partial charge is 0.323 e. The van der Waals surface area contributed by atoms with E-state index in [1.165, 1.54) is 0 Å². The van der Waals surface area contributed by atoms with Gasteiger partial charge in [0.2, 0.25) is 0 Å². The molecule has 3 aromatic rings. The number of para-hydroxylation sites is 1. The summed E-state index contributed by atoms with van der Waals surface area (Å²) >= 11 is 0. The molecule has 1 unspecified atom stereocenters. The van der Waals surface area contributed by atoms with Crippen LogP contribution in [0.1, 0.15) is 6.42 Å². The van der Waals surface area contributed by atoms with Crippen LogP contribution in [-0.2, 0) is 9.53 Å². The van der Waals surface area contributed by atoms with Crippen LogP contribution in [0.2, 0.25) is 0 Å². The molecular formula is C19H20N6O2. The molecule has 5 rings (SSSR count). The molecule has 0 bridgehead atoms. The molecule has 2 aliphatic rings. The van der Waals surface area contributed by atoms with Crippen molar-refractivity contribution in [2.75, 3.05) is 37.7 Å². The Bertz CT molecular complexity index is 965. The van der Waals surface area contributed by atoms with Crippen LogP contribution < -0.4 is 4.90 Å². The number of imidazole rings is 1. The summed E-state index contributed by atoms with van der Waals surface area (Å²) in [4.78, 5) is 29.8. The summed E-state index contributed by atoms with van der Waals surface area (Å²) in [6.07, 6.45) is 4.18. The van der Waals surface area contributed by atoms with Crippen molar-refractivity contribution in [2.24, 2.45) is 0 Å². The topological polar surface area (TPSA) is 76.4 Å². The second kappa shape index (κ2) is 6.62. The van der Waals surface area contributed by atoms with E-state index in [1.807, 2.05) is 34.9 Å². The number of piperazine rings is 1. The molecule has 1 aromatic carbocycles. The Morgan fingerprint density at radius 1 is 1.00 bits per heavy atom. The lowest BCUT2D eigenvalue weighted by atomic mass is 10.2. The van der Waals surface area contributed by atoms with Crippen molar-refractivity contribution in [1.82, 2.24) is 24.4 Å². The Hall–Kier alpha value is -3.00. The third-order valence-electron chi connectivity index (χ3n) is 5.31. The third-order valence-corrected chi connectivity index (χ3v) is 5.31. The molecule has 0 amide bonds. The second-order valence-electron chi connectivity index (χ2n) is 6.81. The van der Waals surface area contributed by atoms with E-state index < -0.39 is 0 Å². The van der Waals surface area contributed by atoms with Gasteiger partial charge >= 0.3 is 5.97 Å². The number of hydrogen-bond acceptors (Lipinski definition) is 7. The van der Waals surface area contributed by atoms with E-state index in [-0.39, 0.29) is 12.0 Å². The number of aromatic nitrogens is 4. The van der Waals surface area contributed by atoms with E-state index in [2.05, 4.69) is 24.8 Å². The maximum atomic E-state index is 11.8. The first-order chi connectivity index (χ1) is 13.3. The van der Waals surface area contributed by atoms with Gasteiger partial charge in [-0.1, -0.05) is 18.2 Å². The van der Waals surface area contributed by atoms with Crippen LogP contribution in [0.25, 0.3) is 16.9 Å². The highest BCUT2D eigenvalue weighted by atomic mass is 16.5. The van der Waals surface area contributed by atoms with Gasteiger partial charge in [0.05, 0.1) is 6.61 Å². The molecule has 0 N–H and O–H groups in total. The normalized spacial score (nSPS) is 21.0. The minimum Gasteiger partial charge on any atom is -0.464 e. The lowest BCUT2D eigenvalue weighted by molar-refractivity contribution is -0.142. The zero-order chi connectivity index (χ0) is 18.2. The first-order valence-corrected chi connectivity index (χ1v) is 9.20. The van der Waals surface area contributed by atoms with Crippen molar-refractivity contribution < 1.29 is 9.53 Å². The van der Waals surface area contributed by atoms with Crippen LogP contribution in [0.3, 0.4) is 0 Å². The van der Waals surface area contributed by atoms with Gasteiger partial charge in [0.25, 0.3) is 0 Å². The summed E-state index contributed by atoms with van der Waals surface area (Å²) < 4.78 is 7.08. The van der Waals surface area contributed by atoms with Crippen molar-refractivity contribution in [3.8, 4) is 5.69 Å². The van der Waals surface area contributed by atoms with Gasteiger partial charge < -0.3 is 9.64 Å². The summed E-state index contributed by atoms with van der Waals surface area (Å²) in [5, 5.41) is 0. The molecule has 1 atom stereocenters. The number of hydrogen-bond donors (Lipinski definition) is 0. The first-order valence-electron chi connectivity index (χ1n) is 9.20. The average molecular weight is 364 g/mol. The van der Waals surface area contributed by atoms with Gasteiger partial charge in [0.1, 0.15) is 18.7 Å². The van der Waals surface area contributed by atoms with Gasteiger partial charge in [-0.3, -0.25) is 14.3 Å². The molecule has 2 saturated heterocycles. The fraction of sp³-hybridized carbons (Fsp3) is 0.368. The van der Waals surface area contributed by atoms with E-state index in [1.54, 1.807) is 12.7 Å². The average Bonchev–Trinajstić information content (AvgIpc) is 3.35. The first kappa shape index (κ1) is 16.2. The van der Waals surface area contributed by atoms with E-state index in [9.17, 15) is 4.79 Å². The number of benzene rings is 1. The van der Waals surface area contributed by atoms with Crippen LogP contribution in [-0.4, -0.2) is 69.2 Å². The van der Waals surface area contributed by atoms with Gasteiger partial charge in [-0.2, -0.15) is 0 Å². The van der Waals surface area contributed by atoms with Crippen LogP contribution >= 0.6 is 0 Å². The maximum absolute atomic E-state index is 11.8. The fourth-order valence-corrected chi connectivity index (χ4v) is 3.89. The Morgan fingerprint density at radius 3 is 2.56 bits per heavy atom. The lowest BCUT2D eigenvalue weighted by Crippen LogP contribution is -2.51. The standard InChI is InChI=1S/C19H20N6O2/c26-19-15(6-11-27-19)23-7-9-24(10-8-23)17-16-18(21-12-20-17)25(13-22-16)14-4-2-1-3-5-14/h1-5,12-13,15H,6-11H2. The molecular weight excluding hydrogens is 344 g/mol. The van der Waals surface area contributed by atoms with Gasteiger partial charge in [0.15, 0.2) is 17.0 Å². The summed E-state index contributed by atoms with van der Waals surface area (Å²) in [5.41, 5.74) is 2.62. The van der Waals surface area contributed by atoms with Crippen molar-refractivity contribution in [2.45, 2.75) is 12.5 Å². The van der Waals surface area contributed by atoms with E-state index >= 15 is 0 Å². The number of cyclic esters (lactones) is 1. The highest BCUT2D eigenvalue weighted by Gasteiger charge is 2.34. The SMILES string of the molecule is O=C1OCCC1N1CCN(c2ncnc3c2ncn3-c2ccccc2)CC1. The summed E-state index contributed by atoms with van der Waals surface area (Å²) in [7, 11) is 0. The van der Waals surface area contributed by atoms with Gasteiger partial charge in [-0.15, -0.1) is 0 Å². The molecule has 8 heteroatoms. The minimum absolute atomic E-state index is 0.0881. The number of fused-ring (bicyclic) bond motifs is 1. The van der Waals surface area contributed by atoms with Crippen LogP contribution in [0.4, 0.5) is 5.82 Å². The molecule has 2 aliphatic heterocycles. The molecule has 0 radical (unpaired) electrons. The Balaban J connectivity index is 1.40. The molecule has 0 aliphatic carbocycles. The minimum atomic E-state index is -0.0884. The fourth-order valence-electron chi connectivity index (χ4n) is 3.89. The summed E-state index contributed by atoms with van der Waals surface area (Å²) in [6, 6.07) is 9.95. The number of nitrogens with zero attached hydrogens (tertiary/aromatic N) is 6. The maximum Gasteiger partial charge on any atom is 0.323 e. The van der Waals surface area contributed by atoms with Crippen molar-refractivity contribution >= 4 is 23.0 Å². The van der Waals surface area contributed by atoms with Crippen molar-refractivity contribution in [3.05, 3.63) is 43.0 Å². The lowest BCUT2D eigenvalue weighted by Gasteiger charge is -2.37.